The maximum absolute atomic E-state index is 10.2. The Balaban J connectivity index is 2.30. The van der Waals surface area contributed by atoms with Crippen LogP contribution in [0.2, 0.25) is 0 Å². The van der Waals surface area contributed by atoms with E-state index in [-0.39, 0.29) is 0 Å². The normalized spacial score (nSPS) is 26.4. The van der Waals surface area contributed by atoms with Gasteiger partial charge in [-0.3, -0.25) is 4.76 Å². The largest absolute Gasteiger partial charge is 0.814 e. The third-order valence-electron chi connectivity index (χ3n) is 2.46. The topological polar surface area (TPSA) is 35.4 Å². The van der Waals surface area contributed by atoms with Crippen molar-refractivity contribution in [1.29, 1.82) is 0 Å². The van der Waals surface area contributed by atoms with Crippen LogP contribution in [0.5, 0.6) is 0 Å². The summed E-state index contributed by atoms with van der Waals surface area (Å²) < 4.78 is 3.94. The average Bonchev–Trinajstić information content (AvgIpc) is 2.07. The standard InChI is InChI=1S/C8H15NOP/c1-2-7-3-5-8(6-4-7)9-11-10/h7,11H,2-6H2,1H3/q-1. The Labute approximate surface area is 70.0 Å². The zero-order valence-corrected chi connectivity index (χ0v) is 7.97. The summed E-state index contributed by atoms with van der Waals surface area (Å²) in [6.07, 6.45) is 5.94. The van der Waals surface area contributed by atoms with Gasteiger partial charge >= 0.3 is 0 Å². The van der Waals surface area contributed by atoms with Crippen molar-refractivity contribution in [3.63, 3.8) is 0 Å². The van der Waals surface area contributed by atoms with Gasteiger partial charge < -0.3 is 4.89 Å². The van der Waals surface area contributed by atoms with Gasteiger partial charge in [0.2, 0.25) is 0 Å². The Morgan fingerprint density at radius 3 is 2.64 bits per heavy atom. The molecule has 0 aromatic carbocycles. The predicted octanol–water partition coefficient (Wildman–Crippen LogP) is 1.90. The average molecular weight is 172 g/mol. The number of hydrogen-bond acceptors (Lipinski definition) is 2. The van der Waals surface area contributed by atoms with E-state index in [0.717, 1.165) is 18.8 Å². The highest BCUT2D eigenvalue weighted by Gasteiger charge is 2.14. The Hall–Kier alpha value is 0.0600. The second-order valence-electron chi connectivity index (χ2n) is 3.12. The molecule has 0 aromatic heterocycles. The smallest absolute Gasteiger partial charge is 0.0150 e. The molecule has 0 aliphatic heterocycles. The minimum absolute atomic E-state index is 0.481. The van der Waals surface area contributed by atoms with Crippen LogP contribution >= 0.6 is 8.96 Å². The fraction of sp³-hybridized carbons (Fsp3) is 0.875. The zero-order valence-electron chi connectivity index (χ0n) is 6.97. The van der Waals surface area contributed by atoms with Crippen molar-refractivity contribution in [3.8, 4) is 0 Å². The summed E-state index contributed by atoms with van der Waals surface area (Å²) in [6.45, 7) is 2.24. The molecule has 1 fully saturated rings. The Kier molecular flexibility index (Phi) is 4.03. The summed E-state index contributed by atoms with van der Waals surface area (Å²) in [5.41, 5.74) is 1.17. The van der Waals surface area contributed by atoms with Crippen molar-refractivity contribution in [2.75, 3.05) is 0 Å². The molecule has 3 heteroatoms. The minimum atomic E-state index is -0.481. The maximum Gasteiger partial charge on any atom is 0.0150 e. The zero-order chi connectivity index (χ0) is 8.10. The van der Waals surface area contributed by atoms with Crippen LogP contribution in [0.1, 0.15) is 39.0 Å². The van der Waals surface area contributed by atoms with E-state index in [1.807, 2.05) is 0 Å². The molecule has 1 rings (SSSR count). The fourth-order valence-electron chi connectivity index (χ4n) is 1.60. The van der Waals surface area contributed by atoms with Crippen LogP contribution in [0, 0.1) is 5.92 Å². The molecular formula is C8H15NOP-. The Morgan fingerprint density at radius 1 is 1.55 bits per heavy atom. The van der Waals surface area contributed by atoms with Crippen molar-refractivity contribution < 1.29 is 4.89 Å². The number of rotatable bonds is 2. The molecule has 0 amide bonds. The van der Waals surface area contributed by atoms with Crippen LogP contribution in [0.25, 0.3) is 0 Å². The first-order chi connectivity index (χ1) is 5.36. The quantitative estimate of drug-likeness (QED) is 0.586. The van der Waals surface area contributed by atoms with Gasteiger partial charge in [0.15, 0.2) is 0 Å². The summed E-state index contributed by atoms with van der Waals surface area (Å²) in [5, 5.41) is 0. The van der Waals surface area contributed by atoms with Gasteiger partial charge in [-0.05, 0) is 31.6 Å². The van der Waals surface area contributed by atoms with E-state index in [4.69, 9.17) is 0 Å². The lowest BCUT2D eigenvalue weighted by atomic mass is 9.86. The molecule has 0 bridgehead atoms. The summed E-state index contributed by atoms with van der Waals surface area (Å²) >= 11 is 0. The molecule has 11 heavy (non-hydrogen) atoms. The van der Waals surface area contributed by atoms with Crippen molar-refractivity contribution in [2.24, 2.45) is 10.7 Å². The third-order valence-corrected chi connectivity index (χ3v) is 2.87. The van der Waals surface area contributed by atoms with Gasteiger partial charge in [-0.2, -0.15) is 0 Å². The summed E-state index contributed by atoms with van der Waals surface area (Å²) in [4.78, 5) is 10.2. The molecule has 1 aliphatic carbocycles. The molecule has 0 heterocycles. The monoisotopic (exact) mass is 172 g/mol. The highest BCUT2D eigenvalue weighted by molar-refractivity contribution is 7.28. The molecule has 0 radical (unpaired) electrons. The van der Waals surface area contributed by atoms with Gasteiger partial charge in [0.05, 0.1) is 0 Å². The van der Waals surface area contributed by atoms with Crippen LogP contribution in [-0.4, -0.2) is 5.71 Å². The molecular weight excluding hydrogens is 157 g/mol. The van der Waals surface area contributed by atoms with Crippen molar-refractivity contribution >= 4 is 14.7 Å². The van der Waals surface area contributed by atoms with Crippen molar-refractivity contribution in [3.05, 3.63) is 0 Å². The van der Waals surface area contributed by atoms with E-state index in [2.05, 4.69) is 11.7 Å². The Morgan fingerprint density at radius 2 is 2.18 bits per heavy atom. The van der Waals surface area contributed by atoms with Gasteiger partial charge in [-0.15, -0.1) is 0 Å². The first-order valence-corrected chi connectivity index (χ1v) is 5.15. The van der Waals surface area contributed by atoms with Crippen LogP contribution in [0.3, 0.4) is 0 Å². The lowest BCUT2D eigenvalue weighted by molar-refractivity contribution is -0.150. The molecule has 0 saturated heterocycles. The minimum Gasteiger partial charge on any atom is -0.814 e. The van der Waals surface area contributed by atoms with E-state index in [1.165, 1.54) is 25.0 Å². The molecule has 64 valence electrons. The molecule has 1 unspecified atom stereocenters. The van der Waals surface area contributed by atoms with Gasteiger partial charge in [-0.1, -0.05) is 22.3 Å². The lowest BCUT2D eigenvalue weighted by Crippen LogP contribution is -2.13. The van der Waals surface area contributed by atoms with Crippen LogP contribution in [-0.2, 0) is 0 Å². The maximum atomic E-state index is 10.2. The van der Waals surface area contributed by atoms with Crippen LogP contribution < -0.4 is 4.89 Å². The first kappa shape index (κ1) is 9.15. The van der Waals surface area contributed by atoms with Gasteiger partial charge in [0, 0.05) is 5.71 Å². The molecule has 1 saturated carbocycles. The van der Waals surface area contributed by atoms with Crippen molar-refractivity contribution in [1.82, 2.24) is 0 Å². The van der Waals surface area contributed by atoms with Gasteiger partial charge in [-0.25, -0.2) is 0 Å². The molecule has 0 aromatic rings. The Bertz CT molecular complexity index is 137. The van der Waals surface area contributed by atoms with Gasteiger partial charge in [0.1, 0.15) is 0 Å². The molecule has 1 atom stereocenters. The van der Waals surface area contributed by atoms with E-state index in [0.29, 0.717) is 0 Å². The number of hydrogen-bond donors (Lipinski definition) is 0. The van der Waals surface area contributed by atoms with E-state index < -0.39 is 8.96 Å². The summed E-state index contributed by atoms with van der Waals surface area (Å²) in [5.74, 6) is 0.893. The highest BCUT2D eigenvalue weighted by atomic mass is 31.1. The third kappa shape index (κ3) is 2.88. The number of nitrogens with zero attached hydrogens (tertiary/aromatic N) is 1. The van der Waals surface area contributed by atoms with E-state index in [1.54, 1.807) is 0 Å². The lowest BCUT2D eigenvalue weighted by Gasteiger charge is -2.21. The van der Waals surface area contributed by atoms with Gasteiger partial charge in [0.25, 0.3) is 0 Å². The predicted molar refractivity (Wildman–Crippen MR) is 48.0 cm³/mol. The first-order valence-electron chi connectivity index (χ1n) is 4.29. The van der Waals surface area contributed by atoms with E-state index >= 15 is 0 Å². The highest BCUT2D eigenvalue weighted by Crippen LogP contribution is 2.25. The molecule has 2 nitrogen and oxygen atoms in total. The molecule has 1 aliphatic rings. The molecule has 0 N–H and O–H groups in total. The summed E-state index contributed by atoms with van der Waals surface area (Å²) in [6, 6.07) is 0. The summed E-state index contributed by atoms with van der Waals surface area (Å²) in [7, 11) is -0.481. The second-order valence-corrected chi connectivity index (χ2v) is 3.53. The second kappa shape index (κ2) is 4.84. The SMILES string of the molecule is CCC1CCC(=NP[O-])CC1. The van der Waals surface area contributed by atoms with Crippen molar-refractivity contribution in [2.45, 2.75) is 39.0 Å². The molecule has 0 spiro atoms. The van der Waals surface area contributed by atoms with Crippen LogP contribution in [0.15, 0.2) is 4.76 Å². The van der Waals surface area contributed by atoms with Crippen LogP contribution in [0.4, 0.5) is 0 Å². The fourth-order valence-corrected chi connectivity index (χ4v) is 1.95. The van der Waals surface area contributed by atoms with E-state index in [9.17, 15) is 4.89 Å².